The van der Waals surface area contributed by atoms with Gasteiger partial charge in [0.1, 0.15) is 0 Å². The molecule has 2 heterocycles. The predicted octanol–water partition coefficient (Wildman–Crippen LogP) is 5.95. The maximum absolute atomic E-state index is 5.60. The molecule has 0 amide bonds. The lowest BCUT2D eigenvalue weighted by Gasteiger charge is -2.39. The summed E-state index contributed by atoms with van der Waals surface area (Å²) in [7, 11) is 0. The van der Waals surface area contributed by atoms with E-state index < -0.39 is 0 Å². The Balaban J connectivity index is 0.00000306. The van der Waals surface area contributed by atoms with E-state index in [2.05, 4.69) is 73.6 Å². The second kappa shape index (κ2) is 11.5. The molecule has 0 aromatic heterocycles. The molecular weight excluding hydrogens is 430 g/mol. The molecule has 0 spiro atoms. The number of anilines is 2. The van der Waals surface area contributed by atoms with Crippen molar-refractivity contribution in [2.24, 2.45) is 17.3 Å². The highest BCUT2D eigenvalue weighted by Crippen LogP contribution is 2.42. The summed E-state index contributed by atoms with van der Waals surface area (Å²) >= 11 is 0. The fourth-order valence-corrected chi connectivity index (χ4v) is 5.63. The molecule has 2 fully saturated rings. The zero-order valence-corrected chi connectivity index (χ0v) is 22.4. The Hall–Kier alpha value is -1.23. The normalized spacial score (nSPS) is 22.8. The molecule has 33 heavy (non-hydrogen) atoms. The van der Waals surface area contributed by atoms with Gasteiger partial charge in [-0.1, -0.05) is 40.7 Å². The van der Waals surface area contributed by atoms with Crippen molar-refractivity contribution in [2.75, 3.05) is 68.8 Å². The molecule has 4 nitrogen and oxygen atoms in total. The number of piperazine rings is 1. The summed E-state index contributed by atoms with van der Waals surface area (Å²) in [6.45, 7) is 21.4. The van der Waals surface area contributed by atoms with Gasteiger partial charge in [0, 0.05) is 62.8 Å². The number of morpholine rings is 1. The summed E-state index contributed by atoms with van der Waals surface area (Å²) in [5.41, 5.74) is 6.27. The standard InChI is InChI=1S/C28H45N3O.ClH/c1-22(2)21-29-12-14-31(15-13-29)27-11-10-25(30-16-18-32-19-17-30)20-26(27)23-6-8-24(9-7-23)28(3,4)5;/h6,10-11,20,22,24H,7-9,12-19,21H2,1-5H3;1H. The zero-order chi connectivity index (χ0) is 22.7. The van der Waals surface area contributed by atoms with Crippen LogP contribution in [0, 0.1) is 17.3 Å². The average molecular weight is 476 g/mol. The minimum atomic E-state index is 0. The van der Waals surface area contributed by atoms with E-state index in [1.165, 1.54) is 55.8 Å². The number of allylic oxidation sites excluding steroid dienone is 2. The van der Waals surface area contributed by atoms with Crippen LogP contribution < -0.4 is 9.80 Å². The highest BCUT2D eigenvalue weighted by molar-refractivity contribution is 5.85. The Morgan fingerprint density at radius 2 is 1.67 bits per heavy atom. The molecule has 0 bridgehead atoms. The molecule has 1 aliphatic carbocycles. The van der Waals surface area contributed by atoms with Gasteiger partial charge in [0.2, 0.25) is 0 Å². The van der Waals surface area contributed by atoms with Crippen LogP contribution in [0.4, 0.5) is 11.4 Å². The van der Waals surface area contributed by atoms with Gasteiger partial charge >= 0.3 is 0 Å². The number of rotatable bonds is 5. The van der Waals surface area contributed by atoms with E-state index >= 15 is 0 Å². The van der Waals surface area contributed by atoms with E-state index in [1.54, 1.807) is 5.57 Å². The van der Waals surface area contributed by atoms with Crippen LogP contribution in [0.2, 0.25) is 0 Å². The lowest BCUT2D eigenvalue weighted by Crippen LogP contribution is -2.47. The smallest absolute Gasteiger partial charge is 0.0642 e. The predicted molar refractivity (Wildman–Crippen MR) is 145 cm³/mol. The molecule has 1 unspecified atom stereocenters. The second-order valence-corrected chi connectivity index (χ2v) is 11.5. The van der Waals surface area contributed by atoms with Gasteiger partial charge in [0.15, 0.2) is 0 Å². The van der Waals surface area contributed by atoms with E-state index in [0.29, 0.717) is 5.41 Å². The Morgan fingerprint density at radius 3 is 2.24 bits per heavy atom. The first kappa shape index (κ1) is 26.4. The number of hydrogen-bond acceptors (Lipinski definition) is 4. The third kappa shape index (κ3) is 6.68. The number of halogens is 1. The number of nitrogens with zero attached hydrogens (tertiary/aromatic N) is 3. The summed E-state index contributed by atoms with van der Waals surface area (Å²) in [5, 5.41) is 0. The molecule has 1 aromatic rings. The van der Waals surface area contributed by atoms with Crippen LogP contribution in [0.3, 0.4) is 0 Å². The summed E-state index contributed by atoms with van der Waals surface area (Å²) in [5.74, 6) is 1.53. The van der Waals surface area contributed by atoms with Crippen LogP contribution >= 0.6 is 12.4 Å². The van der Waals surface area contributed by atoms with Crippen LogP contribution in [0.1, 0.15) is 59.4 Å². The Kier molecular flexibility index (Phi) is 9.16. The highest BCUT2D eigenvalue weighted by Gasteiger charge is 2.28. The molecule has 1 atom stereocenters. The molecule has 4 rings (SSSR count). The van der Waals surface area contributed by atoms with Gasteiger partial charge in [-0.25, -0.2) is 0 Å². The minimum absolute atomic E-state index is 0. The first-order chi connectivity index (χ1) is 15.3. The van der Waals surface area contributed by atoms with Crippen LogP contribution in [0.5, 0.6) is 0 Å². The van der Waals surface area contributed by atoms with Crippen LogP contribution in [-0.4, -0.2) is 63.9 Å². The van der Waals surface area contributed by atoms with E-state index in [4.69, 9.17) is 4.74 Å². The van der Waals surface area contributed by atoms with Crippen molar-refractivity contribution >= 4 is 29.4 Å². The monoisotopic (exact) mass is 475 g/mol. The fraction of sp³-hybridized carbons (Fsp3) is 0.714. The van der Waals surface area contributed by atoms with E-state index in [0.717, 1.165) is 51.2 Å². The van der Waals surface area contributed by atoms with Gasteiger partial charge in [-0.05, 0) is 60.3 Å². The molecule has 0 N–H and O–H groups in total. The molecule has 2 aliphatic heterocycles. The maximum atomic E-state index is 5.60. The van der Waals surface area contributed by atoms with Crippen molar-refractivity contribution in [3.63, 3.8) is 0 Å². The first-order valence-corrected chi connectivity index (χ1v) is 12.9. The SMILES string of the molecule is CC(C)CN1CCN(c2ccc(N3CCOCC3)cc2C2=CCC(C(C)(C)C)CC2)CC1.Cl. The van der Waals surface area contributed by atoms with Gasteiger partial charge in [-0.2, -0.15) is 0 Å². The molecule has 186 valence electrons. The van der Waals surface area contributed by atoms with Gasteiger partial charge in [0.05, 0.1) is 13.2 Å². The fourth-order valence-electron chi connectivity index (χ4n) is 5.63. The lowest BCUT2D eigenvalue weighted by molar-refractivity contribution is 0.122. The highest BCUT2D eigenvalue weighted by atomic mass is 35.5. The third-order valence-corrected chi connectivity index (χ3v) is 7.67. The van der Waals surface area contributed by atoms with Crippen molar-refractivity contribution in [2.45, 2.75) is 53.9 Å². The second-order valence-electron chi connectivity index (χ2n) is 11.5. The lowest BCUT2D eigenvalue weighted by atomic mass is 9.72. The Morgan fingerprint density at radius 1 is 0.970 bits per heavy atom. The third-order valence-electron chi connectivity index (χ3n) is 7.67. The Bertz CT molecular complexity index is 787. The van der Waals surface area contributed by atoms with Crippen molar-refractivity contribution < 1.29 is 4.74 Å². The van der Waals surface area contributed by atoms with Crippen LogP contribution in [0.15, 0.2) is 24.3 Å². The maximum Gasteiger partial charge on any atom is 0.0642 e. The molecule has 1 aromatic carbocycles. The molecule has 2 saturated heterocycles. The van der Waals surface area contributed by atoms with E-state index in [1.807, 2.05) is 0 Å². The first-order valence-electron chi connectivity index (χ1n) is 12.9. The van der Waals surface area contributed by atoms with Crippen LogP contribution in [-0.2, 0) is 4.74 Å². The summed E-state index contributed by atoms with van der Waals surface area (Å²) in [6.07, 6.45) is 6.28. The molecular formula is C28H46ClN3O. The summed E-state index contributed by atoms with van der Waals surface area (Å²) in [4.78, 5) is 7.78. The van der Waals surface area contributed by atoms with Gasteiger partial charge < -0.3 is 14.5 Å². The average Bonchev–Trinajstić information content (AvgIpc) is 2.79. The molecule has 5 heteroatoms. The van der Waals surface area contributed by atoms with Crippen LogP contribution in [0.25, 0.3) is 5.57 Å². The van der Waals surface area contributed by atoms with E-state index in [9.17, 15) is 0 Å². The van der Waals surface area contributed by atoms with Crippen molar-refractivity contribution in [1.29, 1.82) is 0 Å². The van der Waals surface area contributed by atoms with Crippen molar-refractivity contribution in [3.05, 3.63) is 29.8 Å². The van der Waals surface area contributed by atoms with Crippen molar-refractivity contribution in [3.8, 4) is 0 Å². The van der Waals surface area contributed by atoms with Gasteiger partial charge in [-0.15, -0.1) is 12.4 Å². The number of ether oxygens (including phenoxy) is 1. The topological polar surface area (TPSA) is 19.0 Å². The Labute approximate surface area is 208 Å². The van der Waals surface area contributed by atoms with Gasteiger partial charge in [-0.3, -0.25) is 4.90 Å². The molecule has 0 radical (unpaired) electrons. The molecule has 3 aliphatic rings. The molecule has 0 saturated carbocycles. The largest absolute Gasteiger partial charge is 0.378 e. The van der Waals surface area contributed by atoms with Gasteiger partial charge in [0.25, 0.3) is 0 Å². The van der Waals surface area contributed by atoms with E-state index in [-0.39, 0.29) is 12.4 Å². The quantitative estimate of drug-likeness (QED) is 0.523. The van der Waals surface area contributed by atoms with Crippen molar-refractivity contribution in [1.82, 2.24) is 4.90 Å². The summed E-state index contributed by atoms with van der Waals surface area (Å²) < 4.78 is 5.60. The number of benzene rings is 1. The zero-order valence-electron chi connectivity index (χ0n) is 21.6. The number of hydrogen-bond donors (Lipinski definition) is 0. The minimum Gasteiger partial charge on any atom is -0.378 e. The summed E-state index contributed by atoms with van der Waals surface area (Å²) in [6, 6.07) is 7.26.